The highest BCUT2D eigenvalue weighted by molar-refractivity contribution is 7.91. The number of carbonyl (C=O) groups excluding carboxylic acids is 1. The average molecular weight is 416 g/mol. The predicted molar refractivity (Wildman–Crippen MR) is 113 cm³/mol. The fraction of sp³-hybridized carbons (Fsp3) is 0.333. The fourth-order valence-corrected chi connectivity index (χ4v) is 4.26. The molecule has 0 aliphatic heterocycles. The summed E-state index contributed by atoms with van der Waals surface area (Å²) in [6.45, 7) is 6.23. The SMILES string of the molecule is COCCS(=O)(=O)c1ccc(C(=O)Nc2nc3ccccc3n2C(C)(C)C)cc1. The van der Waals surface area contributed by atoms with E-state index in [-0.39, 0.29) is 28.7 Å². The summed E-state index contributed by atoms with van der Waals surface area (Å²) >= 11 is 0. The van der Waals surface area contributed by atoms with Crippen LogP contribution in [-0.4, -0.2) is 43.3 Å². The zero-order valence-electron chi connectivity index (χ0n) is 17.0. The molecule has 7 nitrogen and oxygen atoms in total. The van der Waals surface area contributed by atoms with Crippen molar-refractivity contribution in [1.82, 2.24) is 9.55 Å². The van der Waals surface area contributed by atoms with E-state index in [0.29, 0.717) is 11.5 Å². The molecule has 3 rings (SSSR count). The minimum Gasteiger partial charge on any atom is -0.384 e. The number of anilines is 1. The Bertz CT molecular complexity index is 1130. The highest BCUT2D eigenvalue weighted by Crippen LogP contribution is 2.28. The van der Waals surface area contributed by atoms with Crippen molar-refractivity contribution in [2.24, 2.45) is 0 Å². The molecule has 0 aliphatic carbocycles. The van der Waals surface area contributed by atoms with Crippen LogP contribution in [0.15, 0.2) is 53.4 Å². The zero-order chi connectivity index (χ0) is 21.2. The molecule has 1 amide bonds. The van der Waals surface area contributed by atoms with Gasteiger partial charge in [0.25, 0.3) is 5.91 Å². The number of amides is 1. The first-order valence-corrected chi connectivity index (χ1v) is 10.9. The predicted octanol–water partition coefficient (Wildman–Crippen LogP) is 3.46. The van der Waals surface area contributed by atoms with Gasteiger partial charge in [0.05, 0.1) is 28.3 Å². The molecule has 2 aromatic carbocycles. The Morgan fingerprint density at radius 3 is 2.38 bits per heavy atom. The van der Waals surface area contributed by atoms with Crippen LogP contribution in [0.3, 0.4) is 0 Å². The van der Waals surface area contributed by atoms with Crippen molar-refractivity contribution < 1.29 is 17.9 Å². The van der Waals surface area contributed by atoms with Crippen LogP contribution in [0.2, 0.25) is 0 Å². The largest absolute Gasteiger partial charge is 0.384 e. The second kappa shape index (κ2) is 7.96. The molecule has 0 atom stereocenters. The summed E-state index contributed by atoms with van der Waals surface area (Å²) in [6.07, 6.45) is 0. The van der Waals surface area contributed by atoms with E-state index in [4.69, 9.17) is 4.74 Å². The second-order valence-electron chi connectivity index (χ2n) is 7.72. The molecular weight excluding hydrogens is 390 g/mol. The summed E-state index contributed by atoms with van der Waals surface area (Å²) in [4.78, 5) is 17.5. The van der Waals surface area contributed by atoms with Crippen LogP contribution < -0.4 is 5.32 Å². The number of imidazole rings is 1. The quantitative estimate of drug-likeness (QED) is 0.666. The van der Waals surface area contributed by atoms with E-state index >= 15 is 0 Å². The smallest absolute Gasteiger partial charge is 0.257 e. The van der Waals surface area contributed by atoms with Crippen LogP contribution in [0.5, 0.6) is 0 Å². The van der Waals surface area contributed by atoms with Gasteiger partial charge in [0, 0.05) is 18.2 Å². The molecule has 0 saturated heterocycles. The highest BCUT2D eigenvalue weighted by atomic mass is 32.2. The number of sulfone groups is 1. The van der Waals surface area contributed by atoms with Crippen molar-refractivity contribution in [3.63, 3.8) is 0 Å². The Hall–Kier alpha value is -2.71. The minimum absolute atomic E-state index is 0.106. The average Bonchev–Trinajstić information content (AvgIpc) is 3.04. The summed E-state index contributed by atoms with van der Waals surface area (Å²) in [6, 6.07) is 13.6. The second-order valence-corrected chi connectivity index (χ2v) is 9.83. The van der Waals surface area contributed by atoms with Crippen molar-refractivity contribution in [3.8, 4) is 0 Å². The van der Waals surface area contributed by atoms with Gasteiger partial charge in [0.2, 0.25) is 5.95 Å². The van der Waals surface area contributed by atoms with Gasteiger partial charge < -0.3 is 9.30 Å². The molecule has 0 bridgehead atoms. The Labute approximate surface area is 170 Å². The molecular formula is C21H25N3O4S. The standard InChI is InChI=1S/C21H25N3O4S/c1-21(2,3)24-18-8-6-5-7-17(18)22-20(24)23-19(25)15-9-11-16(12-10-15)29(26,27)14-13-28-4/h5-12H,13-14H2,1-4H3,(H,22,23,25). The topological polar surface area (TPSA) is 90.3 Å². The van der Waals surface area contributed by atoms with E-state index in [2.05, 4.69) is 10.3 Å². The maximum atomic E-state index is 12.8. The number of ether oxygens (including phenoxy) is 1. The number of nitrogens with one attached hydrogen (secondary N) is 1. The van der Waals surface area contributed by atoms with Gasteiger partial charge in [-0.25, -0.2) is 13.4 Å². The highest BCUT2D eigenvalue weighted by Gasteiger charge is 2.23. The van der Waals surface area contributed by atoms with Crippen molar-refractivity contribution in [1.29, 1.82) is 0 Å². The third kappa shape index (κ3) is 4.49. The van der Waals surface area contributed by atoms with E-state index in [9.17, 15) is 13.2 Å². The molecule has 0 fully saturated rings. The van der Waals surface area contributed by atoms with Crippen molar-refractivity contribution >= 4 is 32.7 Å². The molecule has 0 aliphatic rings. The van der Waals surface area contributed by atoms with Gasteiger partial charge in [-0.15, -0.1) is 0 Å². The van der Waals surface area contributed by atoms with E-state index in [1.54, 1.807) is 0 Å². The third-order valence-corrected chi connectivity index (χ3v) is 6.18. The minimum atomic E-state index is -3.44. The zero-order valence-corrected chi connectivity index (χ0v) is 17.8. The lowest BCUT2D eigenvalue weighted by atomic mass is 10.1. The Balaban J connectivity index is 1.88. The van der Waals surface area contributed by atoms with E-state index in [1.807, 2.05) is 49.6 Å². The molecule has 0 spiro atoms. The lowest BCUT2D eigenvalue weighted by molar-refractivity contribution is 0.102. The number of nitrogens with zero attached hydrogens (tertiary/aromatic N) is 2. The fourth-order valence-electron chi connectivity index (χ4n) is 3.09. The van der Waals surface area contributed by atoms with Crippen molar-refractivity contribution in [2.75, 3.05) is 24.8 Å². The lowest BCUT2D eigenvalue weighted by Gasteiger charge is -2.24. The van der Waals surface area contributed by atoms with Gasteiger partial charge in [0.1, 0.15) is 0 Å². The van der Waals surface area contributed by atoms with Gasteiger partial charge in [-0.05, 0) is 57.2 Å². The molecule has 0 saturated carbocycles. The number of para-hydroxylation sites is 2. The normalized spacial score (nSPS) is 12.3. The Kier molecular flexibility index (Phi) is 5.77. The lowest BCUT2D eigenvalue weighted by Crippen LogP contribution is -2.26. The third-order valence-electron chi connectivity index (χ3n) is 4.49. The summed E-state index contributed by atoms with van der Waals surface area (Å²) in [7, 11) is -1.99. The molecule has 1 heterocycles. The molecule has 1 aromatic heterocycles. The van der Waals surface area contributed by atoms with Crippen molar-refractivity contribution in [2.45, 2.75) is 31.2 Å². The summed E-state index contributed by atoms with van der Waals surface area (Å²) in [5, 5.41) is 2.86. The number of aromatic nitrogens is 2. The molecule has 0 unspecified atom stereocenters. The Morgan fingerprint density at radius 1 is 1.10 bits per heavy atom. The monoisotopic (exact) mass is 415 g/mol. The number of fused-ring (bicyclic) bond motifs is 1. The molecule has 29 heavy (non-hydrogen) atoms. The van der Waals surface area contributed by atoms with Gasteiger partial charge >= 0.3 is 0 Å². The maximum absolute atomic E-state index is 12.8. The van der Waals surface area contributed by atoms with Crippen LogP contribution in [-0.2, 0) is 20.1 Å². The van der Waals surface area contributed by atoms with Crippen LogP contribution in [0.4, 0.5) is 5.95 Å². The summed E-state index contributed by atoms with van der Waals surface area (Å²) in [5.41, 5.74) is 1.77. The van der Waals surface area contributed by atoms with Gasteiger partial charge in [-0.2, -0.15) is 0 Å². The number of benzene rings is 2. The first kappa shape index (κ1) is 21.0. The van der Waals surface area contributed by atoms with Gasteiger partial charge in [0.15, 0.2) is 9.84 Å². The number of methoxy groups -OCH3 is 1. The number of hydrogen-bond acceptors (Lipinski definition) is 5. The molecule has 8 heteroatoms. The number of carbonyl (C=O) groups is 1. The van der Waals surface area contributed by atoms with Crippen LogP contribution >= 0.6 is 0 Å². The van der Waals surface area contributed by atoms with Gasteiger partial charge in [-0.3, -0.25) is 10.1 Å². The van der Waals surface area contributed by atoms with Gasteiger partial charge in [-0.1, -0.05) is 12.1 Å². The number of rotatable bonds is 6. The summed E-state index contributed by atoms with van der Waals surface area (Å²) in [5.74, 6) is -0.0166. The molecule has 3 aromatic rings. The maximum Gasteiger partial charge on any atom is 0.257 e. The van der Waals surface area contributed by atoms with Crippen LogP contribution in [0.25, 0.3) is 11.0 Å². The number of hydrogen-bond donors (Lipinski definition) is 1. The summed E-state index contributed by atoms with van der Waals surface area (Å²) < 4.78 is 31.3. The van der Waals surface area contributed by atoms with Crippen LogP contribution in [0, 0.1) is 0 Å². The van der Waals surface area contributed by atoms with E-state index < -0.39 is 9.84 Å². The molecule has 154 valence electrons. The van der Waals surface area contributed by atoms with Crippen LogP contribution in [0.1, 0.15) is 31.1 Å². The molecule has 1 N–H and O–H groups in total. The van der Waals surface area contributed by atoms with E-state index in [0.717, 1.165) is 11.0 Å². The molecule has 0 radical (unpaired) electrons. The first-order chi connectivity index (χ1) is 13.6. The van der Waals surface area contributed by atoms with E-state index in [1.165, 1.54) is 31.4 Å². The van der Waals surface area contributed by atoms with Crippen molar-refractivity contribution in [3.05, 3.63) is 54.1 Å². The first-order valence-electron chi connectivity index (χ1n) is 9.24. The Morgan fingerprint density at radius 2 is 1.76 bits per heavy atom.